The Morgan fingerprint density at radius 3 is 2.53 bits per heavy atom. The number of unbranched alkanes of at least 4 members (excludes halogenated alkanes) is 1. The number of benzene rings is 1. The number of hydrogen-bond donors (Lipinski definition) is 1. The number of aliphatic hydroxyl groups excluding tert-OH is 1. The molecule has 55 heavy (non-hydrogen) atoms. The highest BCUT2D eigenvalue weighted by Gasteiger charge is 2.70. The zero-order chi connectivity index (χ0) is 40.0. The van der Waals surface area contributed by atoms with E-state index in [9.17, 15) is 39.2 Å². The van der Waals surface area contributed by atoms with Crippen LogP contribution in [0.2, 0.25) is 0 Å². The maximum atomic E-state index is 14.2. The van der Waals surface area contributed by atoms with E-state index in [1.807, 2.05) is 19.9 Å². The molecule has 7 atom stereocenters. The lowest BCUT2D eigenvalue weighted by molar-refractivity contribution is -0.757. The Labute approximate surface area is 317 Å². The molecule has 0 radical (unpaired) electrons. The van der Waals surface area contributed by atoms with Gasteiger partial charge in [-0.05, 0) is 99.6 Å². The first kappa shape index (κ1) is 40.9. The van der Waals surface area contributed by atoms with E-state index in [1.54, 1.807) is 19.1 Å². The molecule has 0 spiro atoms. The summed E-state index contributed by atoms with van der Waals surface area (Å²) in [5, 5.41) is 21.1. The molecule has 5 rings (SSSR count). The number of carbonyl (C=O) groups is 5. The Kier molecular flexibility index (Phi) is 12.7. The lowest BCUT2D eigenvalue weighted by Gasteiger charge is -2.59. The van der Waals surface area contributed by atoms with E-state index < -0.39 is 58.3 Å². The first-order valence-corrected chi connectivity index (χ1v) is 18.3. The number of Topliss-reactive ketones (excluding diaryl/α,β-unsaturated/α-hetero) is 1. The van der Waals surface area contributed by atoms with E-state index in [4.69, 9.17) is 28.4 Å². The summed E-state index contributed by atoms with van der Waals surface area (Å²) in [6, 6.07) is 4.42. The standard InChI is InChI=1S/C39H47NO15/c1-5-50-36(46)55-39(17-15-28-27-11-10-25-21-26(41)14-16-37(25,2)34(27)29(42)22-38(28,39)3)32(43)23-52-35(45)54-30-12-8-24(20-31(30)49-4)9-13-33(44)51-18-6-7-19-53-40(47)48/h8-9,12-14,16,20-21,27-29,34,42H,5-7,10-11,15,17-19,22-23H2,1-4H3/b13-9+/t27?,28?,29-,34?,37-,38-,39-/m0/s1. The van der Waals surface area contributed by atoms with Gasteiger partial charge >= 0.3 is 18.3 Å². The molecule has 1 aromatic rings. The van der Waals surface area contributed by atoms with Gasteiger partial charge in [-0.25, -0.2) is 14.4 Å². The highest BCUT2D eigenvalue weighted by Crippen LogP contribution is 2.68. The molecule has 16 nitrogen and oxygen atoms in total. The highest BCUT2D eigenvalue weighted by molar-refractivity contribution is 6.01. The summed E-state index contributed by atoms with van der Waals surface area (Å²) in [4.78, 5) is 78.7. The van der Waals surface area contributed by atoms with E-state index in [2.05, 4.69) is 4.84 Å². The van der Waals surface area contributed by atoms with Gasteiger partial charge in [0.05, 0.1) is 33.0 Å². The molecular weight excluding hydrogens is 722 g/mol. The fourth-order valence-electron chi connectivity index (χ4n) is 9.25. The van der Waals surface area contributed by atoms with Crippen molar-refractivity contribution in [3.8, 4) is 11.5 Å². The Morgan fingerprint density at radius 2 is 1.80 bits per heavy atom. The van der Waals surface area contributed by atoms with Crippen LogP contribution in [0.15, 0.2) is 48.1 Å². The van der Waals surface area contributed by atoms with Gasteiger partial charge in [0.15, 0.2) is 29.5 Å². The number of rotatable bonds is 15. The first-order chi connectivity index (χ1) is 26.2. The number of ether oxygens (including phenoxy) is 6. The van der Waals surface area contributed by atoms with Crippen LogP contribution in [0.5, 0.6) is 11.5 Å². The Morgan fingerprint density at radius 1 is 1.04 bits per heavy atom. The summed E-state index contributed by atoms with van der Waals surface area (Å²) >= 11 is 0. The molecule has 4 aliphatic rings. The first-order valence-electron chi connectivity index (χ1n) is 18.3. The van der Waals surface area contributed by atoms with Crippen molar-refractivity contribution in [3.63, 3.8) is 0 Å². The number of methoxy groups -OCH3 is 1. The van der Waals surface area contributed by atoms with E-state index >= 15 is 0 Å². The van der Waals surface area contributed by atoms with Crippen LogP contribution in [0.3, 0.4) is 0 Å². The summed E-state index contributed by atoms with van der Waals surface area (Å²) < 4.78 is 32.1. The van der Waals surface area contributed by atoms with E-state index in [1.165, 1.54) is 37.5 Å². The highest BCUT2D eigenvalue weighted by atomic mass is 16.9. The summed E-state index contributed by atoms with van der Waals surface area (Å²) in [6.07, 6.45) is 7.35. The SMILES string of the molecule is CCOC(=O)O[C@]1(C(=O)COC(=O)Oc2ccc(/C=C/C(=O)OCCCCO[N+](=O)[O-])cc2OC)CCC2C3CCC4=CC(=O)C=C[C@]4(C)C3[C@@H](O)C[C@@]21C. The molecule has 16 heteroatoms. The van der Waals surface area contributed by atoms with Crippen molar-refractivity contribution in [3.05, 3.63) is 63.8 Å². The zero-order valence-electron chi connectivity index (χ0n) is 31.3. The van der Waals surface area contributed by atoms with Gasteiger partial charge in [0.2, 0.25) is 5.78 Å². The molecular formula is C39H47NO15. The third kappa shape index (κ3) is 8.53. The van der Waals surface area contributed by atoms with Crippen LogP contribution in [0.25, 0.3) is 6.08 Å². The van der Waals surface area contributed by atoms with Crippen LogP contribution >= 0.6 is 0 Å². The molecule has 1 aromatic carbocycles. The van der Waals surface area contributed by atoms with Crippen molar-refractivity contribution in [2.45, 2.75) is 77.4 Å². The molecule has 3 saturated carbocycles. The largest absolute Gasteiger partial charge is 0.514 e. The van der Waals surface area contributed by atoms with Crippen molar-refractivity contribution in [1.29, 1.82) is 0 Å². The van der Waals surface area contributed by atoms with Crippen molar-refractivity contribution < 1.29 is 67.4 Å². The Bertz CT molecular complexity index is 1770. The number of allylic oxidation sites excluding steroid dienone is 4. The minimum atomic E-state index is -1.77. The fraction of sp³-hybridized carbons (Fsp3) is 0.564. The maximum absolute atomic E-state index is 14.2. The number of nitrogens with zero attached hydrogens (tertiary/aromatic N) is 1. The predicted molar refractivity (Wildman–Crippen MR) is 191 cm³/mol. The van der Waals surface area contributed by atoms with Gasteiger partial charge in [-0.1, -0.05) is 31.6 Å². The number of aliphatic hydroxyl groups is 1. The molecule has 4 aliphatic carbocycles. The summed E-state index contributed by atoms with van der Waals surface area (Å²) in [7, 11) is 1.34. The van der Waals surface area contributed by atoms with E-state index in [0.29, 0.717) is 37.7 Å². The summed E-state index contributed by atoms with van der Waals surface area (Å²) in [5.41, 5.74) is -1.87. The molecule has 1 N–H and O–H groups in total. The number of hydrogen-bond acceptors (Lipinski definition) is 15. The van der Waals surface area contributed by atoms with Crippen LogP contribution < -0.4 is 9.47 Å². The molecule has 0 amide bonds. The molecule has 0 saturated heterocycles. The Balaban J connectivity index is 1.24. The molecule has 0 heterocycles. The van der Waals surface area contributed by atoms with Crippen molar-refractivity contribution in [2.24, 2.45) is 28.6 Å². The van der Waals surface area contributed by atoms with Gasteiger partial charge in [0.1, 0.15) is 0 Å². The normalized spacial score (nSPS) is 29.2. The van der Waals surface area contributed by atoms with E-state index in [0.717, 1.165) is 5.57 Å². The third-order valence-corrected chi connectivity index (χ3v) is 11.7. The molecule has 0 aliphatic heterocycles. The van der Waals surface area contributed by atoms with Crippen LogP contribution in [-0.2, 0) is 38.2 Å². The van der Waals surface area contributed by atoms with Crippen molar-refractivity contribution >= 4 is 35.9 Å². The second kappa shape index (κ2) is 17.0. The van der Waals surface area contributed by atoms with Gasteiger partial charge in [0, 0.05) is 22.8 Å². The van der Waals surface area contributed by atoms with Gasteiger partial charge in [-0.3, -0.25) is 9.59 Å². The zero-order valence-corrected chi connectivity index (χ0v) is 31.3. The minimum absolute atomic E-state index is 0.00396. The smallest absolute Gasteiger partial charge is 0.493 e. The topological polar surface area (TPSA) is 213 Å². The second-order valence-corrected chi connectivity index (χ2v) is 14.6. The lowest BCUT2D eigenvalue weighted by atomic mass is 9.46. The third-order valence-electron chi connectivity index (χ3n) is 11.7. The summed E-state index contributed by atoms with van der Waals surface area (Å²) in [6.45, 7) is 4.64. The lowest BCUT2D eigenvalue weighted by Crippen LogP contribution is -2.63. The maximum Gasteiger partial charge on any atom is 0.514 e. The second-order valence-electron chi connectivity index (χ2n) is 14.6. The van der Waals surface area contributed by atoms with Gasteiger partial charge in [0.25, 0.3) is 5.09 Å². The molecule has 3 fully saturated rings. The minimum Gasteiger partial charge on any atom is -0.493 e. The molecule has 0 aromatic heterocycles. The predicted octanol–water partition coefficient (Wildman–Crippen LogP) is 5.52. The average Bonchev–Trinajstić information content (AvgIpc) is 3.43. The summed E-state index contributed by atoms with van der Waals surface area (Å²) in [5.74, 6) is -1.74. The molecule has 3 unspecified atom stereocenters. The van der Waals surface area contributed by atoms with Crippen molar-refractivity contribution in [1.82, 2.24) is 0 Å². The van der Waals surface area contributed by atoms with Gasteiger partial charge in [-0.2, -0.15) is 0 Å². The molecule has 298 valence electrons. The van der Waals surface area contributed by atoms with Crippen LogP contribution in [0.1, 0.15) is 71.3 Å². The van der Waals surface area contributed by atoms with Crippen LogP contribution in [-0.4, -0.2) is 85.3 Å². The van der Waals surface area contributed by atoms with Gasteiger partial charge < -0.3 is 38.4 Å². The number of carbonyl (C=O) groups excluding carboxylic acids is 5. The van der Waals surface area contributed by atoms with E-state index in [-0.39, 0.29) is 67.7 Å². The number of esters is 1. The van der Waals surface area contributed by atoms with Crippen LogP contribution in [0.4, 0.5) is 9.59 Å². The Hall–Kier alpha value is -5.25. The number of ketones is 2. The average molecular weight is 770 g/mol. The van der Waals surface area contributed by atoms with Gasteiger partial charge in [-0.15, -0.1) is 10.1 Å². The van der Waals surface area contributed by atoms with Crippen molar-refractivity contribution in [2.75, 3.05) is 33.5 Å². The molecule has 0 bridgehead atoms. The van der Waals surface area contributed by atoms with Crippen LogP contribution in [0, 0.1) is 38.7 Å². The monoisotopic (exact) mass is 769 g/mol. The number of fused-ring (bicyclic) bond motifs is 5. The quantitative estimate of drug-likeness (QED) is 0.0443. The fourth-order valence-corrected chi connectivity index (χ4v) is 9.25.